The van der Waals surface area contributed by atoms with Crippen molar-refractivity contribution < 1.29 is 19.1 Å². The Bertz CT molecular complexity index is 1010. The number of rotatable bonds is 9. The van der Waals surface area contributed by atoms with E-state index in [4.69, 9.17) is 9.47 Å². The minimum absolute atomic E-state index is 0.0712. The molecule has 0 spiro atoms. The molecular formula is C25H34N4O4S. The Balaban J connectivity index is 1.39. The van der Waals surface area contributed by atoms with Gasteiger partial charge in [-0.1, -0.05) is 6.92 Å². The maximum absolute atomic E-state index is 13.5. The highest BCUT2D eigenvalue weighted by Gasteiger charge is 2.54. The van der Waals surface area contributed by atoms with Gasteiger partial charge in [-0.3, -0.25) is 14.6 Å². The number of imide groups is 1. The van der Waals surface area contributed by atoms with Crippen LogP contribution in [0.4, 0.5) is 4.79 Å². The number of nitrogens with one attached hydrogen (secondary N) is 1. The number of hydrogen-bond acceptors (Lipinski definition) is 7. The molecule has 0 aliphatic carbocycles. The molecule has 1 N–H and O–H groups in total. The summed E-state index contributed by atoms with van der Waals surface area (Å²) < 4.78 is 10.8. The average molecular weight is 487 g/mol. The Morgan fingerprint density at radius 1 is 1.15 bits per heavy atom. The predicted octanol–water partition coefficient (Wildman–Crippen LogP) is 3.62. The van der Waals surface area contributed by atoms with Crippen LogP contribution in [-0.4, -0.2) is 66.1 Å². The van der Waals surface area contributed by atoms with Crippen LogP contribution in [0.1, 0.15) is 42.3 Å². The van der Waals surface area contributed by atoms with E-state index >= 15 is 0 Å². The third-order valence-corrected chi connectivity index (χ3v) is 8.26. The topological polar surface area (TPSA) is 84.0 Å². The lowest BCUT2D eigenvalue weighted by Gasteiger charge is -2.40. The number of carbonyl (C=O) groups is 2. The van der Waals surface area contributed by atoms with Crippen LogP contribution < -0.4 is 14.8 Å². The number of carbonyl (C=O) groups excluding carboxylic acids is 2. The number of urea groups is 1. The number of aryl methyl sites for hydroxylation is 1. The van der Waals surface area contributed by atoms with Crippen LogP contribution in [-0.2, 0) is 17.8 Å². The quantitative estimate of drug-likeness (QED) is 0.545. The predicted molar refractivity (Wildman–Crippen MR) is 131 cm³/mol. The molecule has 1 aromatic carbocycles. The van der Waals surface area contributed by atoms with E-state index < -0.39 is 5.54 Å². The lowest BCUT2D eigenvalue weighted by molar-refractivity contribution is -0.134. The van der Waals surface area contributed by atoms with E-state index in [1.807, 2.05) is 37.6 Å². The molecule has 0 saturated carbocycles. The third-order valence-electron chi connectivity index (χ3n) is 7.27. The number of piperidine rings is 1. The highest BCUT2D eigenvalue weighted by Crippen LogP contribution is 2.37. The normalized spacial score (nSPS) is 21.7. The zero-order valence-electron chi connectivity index (χ0n) is 20.4. The van der Waals surface area contributed by atoms with Crippen LogP contribution >= 0.6 is 11.3 Å². The van der Waals surface area contributed by atoms with E-state index in [-0.39, 0.29) is 17.9 Å². The first-order valence-corrected chi connectivity index (χ1v) is 12.8. The van der Waals surface area contributed by atoms with Crippen molar-refractivity contribution in [3.05, 3.63) is 39.8 Å². The summed E-state index contributed by atoms with van der Waals surface area (Å²) in [6.07, 6.45) is 2.98. The van der Waals surface area contributed by atoms with Crippen molar-refractivity contribution >= 4 is 23.3 Å². The van der Waals surface area contributed by atoms with Crippen LogP contribution in [0.2, 0.25) is 0 Å². The largest absolute Gasteiger partial charge is 0.497 e. The van der Waals surface area contributed by atoms with Crippen molar-refractivity contribution in [2.75, 3.05) is 33.9 Å². The number of ether oxygens (including phenoxy) is 2. The van der Waals surface area contributed by atoms with E-state index in [2.05, 4.69) is 15.2 Å². The molecule has 1 aromatic heterocycles. The molecule has 8 nitrogen and oxygen atoms in total. The molecule has 3 amide bonds. The summed E-state index contributed by atoms with van der Waals surface area (Å²) in [5.41, 5.74) is 3.11. The molecule has 1 unspecified atom stereocenters. The first kappa shape index (κ1) is 24.5. The second-order valence-electron chi connectivity index (χ2n) is 9.09. The van der Waals surface area contributed by atoms with Gasteiger partial charge in [-0.15, -0.1) is 11.3 Å². The maximum atomic E-state index is 13.5. The smallest absolute Gasteiger partial charge is 0.325 e. The fourth-order valence-corrected chi connectivity index (χ4v) is 6.00. The van der Waals surface area contributed by atoms with Crippen LogP contribution in [0, 0.1) is 12.8 Å². The molecule has 2 fully saturated rings. The zero-order chi connectivity index (χ0) is 24.3. The number of methoxy groups -OCH3 is 2. The highest BCUT2D eigenvalue weighted by atomic mass is 32.1. The van der Waals surface area contributed by atoms with Crippen molar-refractivity contribution in [1.29, 1.82) is 0 Å². The van der Waals surface area contributed by atoms with Crippen LogP contribution in [0.3, 0.4) is 0 Å². The molecule has 4 rings (SSSR count). The minimum Gasteiger partial charge on any atom is -0.497 e. The van der Waals surface area contributed by atoms with Gasteiger partial charge < -0.3 is 14.8 Å². The van der Waals surface area contributed by atoms with Gasteiger partial charge in [-0.25, -0.2) is 9.78 Å². The van der Waals surface area contributed by atoms with E-state index in [9.17, 15) is 9.59 Å². The Labute approximate surface area is 205 Å². The molecule has 0 bridgehead atoms. The molecule has 2 saturated heterocycles. The van der Waals surface area contributed by atoms with Crippen molar-refractivity contribution in [2.45, 2.75) is 51.6 Å². The second-order valence-corrected chi connectivity index (χ2v) is 10.0. The van der Waals surface area contributed by atoms with E-state index in [0.717, 1.165) is 60.1 Å². The Kier molecular flexibility index (Phi) is 7.42. The first-order chi connectivity index (χ1) is 16.4. The average Bonchev–Trinajstić information content (AvgIpc) is 3.37. The maximum Gasteiger partial charge on any atom is 0.325 e. The van der Waals surface area contributed by atoms with Crippen LogP contribution in [0.5, 0.6) is 11.5 Å². The molecule has 184 valence electrons. The SMILES string of the molecule is CCC1(C2CCN(Cc3cc(OC)cc(OC)c3)CC2)NC(=O)N(CCc2scnc2C)C1=O. The summed E-state index contributed by atoms with van der Waals surface area (Å²) >= 11 is 1.57. The Morgan fingerprint density at radius 3 is 2.38 bits per heavy atom. The van der Waals surface area contributed by atoms with Crippen LogP contribution in [0.15, 0.2) is 23.7 Å². The summed E-state index contributed by atoms with van der Waals surface area (Å²) in [6, 6.07) is 5.67. The summed E-state index contributed by atoms with van der Waals surface area (Å²) in [6.45, 7) is 6.89. The fraction of sp³-hybridized carbons (Fsp3) is 0.560. The summed E-state index contributed by atoms with van der Waals surface area (Å²) in [5, 5.41) is 3.10. The van der Waals surface area contributed by atoms with E-state index in [0.29, 0.717) is 19.4 Å². The van der Waals surface area contributed by atoms with Gasteiger partial charge in [-0.05, 0) is 62.9 Å². The lowest BCUT2D eigenvalue weighted by atomic mass is 9.75. The summed E-state index contributed by atoms with van der Waals surface area (Å²) in [5.74, 6) is 1.61. The monoisotopic (exact) mass is 486 g/mol. The Morgan fingerprint density at radius 2 is 1.82 bits per heavy atom. The fourth-order valence-electron chi connectivity index (χ4n) is 5.23. The third kappa shape index (κ3) is 4.77. The lowest BCUT2D eigenvalue weighted by Crippen LogP contribution is -2.55. The Hall–Kier alpha value is -2.65. The molecule has 2 aliphatic rings. The molecule has 34 heavy (non-hydrogen) atoms. The van der Waals surface area contributed by atoms with Crippen molar-refractivity contribution in [2.24, 2.45) is 5.92 Å². The van der Waals surface area contributed by atoms with Gasteiger partial charge >= 0.3 is 6.03 Å². The van der Waals surface area contributed by atoms with Gasteiger partial charge in [0.25, 0.3) is 5.91 Å². The molecule has 0 radical (unpaired) electrons. The molecule has 2 aromatic rings. The highest BCUT2D eigenvalue weighted by molar-refractivity contribution is 7.09. The van der Waals surface area contributed by atoms with Gasteiger partial charge in [0.1, 0.15) is 17.0 Å². The molecule has 1 atom stereocenters. The molecule has 2 aliphatic heterocycles. The standard InChI is InChI=1S/C25H34N4O4S/c1-5-25(23(30)29(24(31)27-25)11-8-22-17(2)26-16-34-22)19-6-9-28(10-7-19)15-18-12-20(32-3)14-21(13-18)33-4/h12-14,16,19H,5-11,15H2,1-4H3,(H,27,31). The number of hydrogen-bond donors (Lipinski definition) is 1. The molecule has 3 heterocycles. The second kappa shape index (κ2) is 10.3. The van der Waals surface area contributed by atoms with Crippen molar-refractivity contribution in [1.82, 2.24) is 20.1 Å². The van der Waals surface area contributed by atoms with Crippen molar-refractivity contribution in [3.8, 4) is 11.5 Å². The number of amides is 3. The number of aromatic nitrogens is 1. The van der Waals surface area contributed by atoms with Gasteiger partial charge in [0.2, 0.25) is 0 Å². The minimum atomic E-state index is -0.800. The van der Waals surface area contributed by atoms with Gasteiger partial charge in [-0.2, -0.15) is 0 Å². The zero-order valence-corrected chi connectivity index (χ0v) is 21.2. The van der Waals surface area contributed by atoms with Gasteiger partial charge in [0.15, 0.2) is 0 Å². The summed E-state index contributed by atoms with van der Waals surface area (Å²) in [4.78, 5) is 35.5. The van der Waals surface area contributed by atoms with Gasteiger partial charge in [0.05, 0.1) is 25.4 Å². The number of benzene rings is 1. The summed E-state index contributed by atoms with van der Waals surface area (Å²) in [7, 11) is 3.31. The number of nitrogens with zero attached hydrogens (tertiary/aromatic N) is 3. The molecular weight excluding hydrogens is 452 g/mol. The van der Waals surface area contributed by atoms with Crippen molar-refractivity contribution in [3.63, 3.8) is 0 Å². The van der Waals surface area contributed by atoms with E-state index in [1.165, 1.54) is 4.90 Å². The number of thiazole rings is 1. The molecule has 9 heteroatoms. The number of likely N-dealkylation sites (tertiary alicyclic amines) is 1. The first-order valence-electron chi connectivity index (χ1n) is 11.9. The van der Waals surface area contributed by atoms with Crippen LogP contribution in [0.25, 0.3) is 0 Å². The van der Waals surface area contributed by atoms with Gasteiger partial charge in [0, 0.05) is 30.5 Å². The van der Waals surface area contributed by atoms with E-state index in [1.54, 1.807) is 25.6 Å².